The first-order valence-electron chi connectivity index (χ1n) is 11.2. The highest BCUT2D eigenvalue weighted by Gasteiger charge is 2.17. The largest absolute Gasteiger partial charge is 0.340 e. The third kappa shape index (κ3) is 5.12. The number of anilines is 2. The van der Waals surface area contributed by atoms with Gasteiger partial charge in [0.15, 0.2) is 5.82 Å². The molecule has 0 fully saturated rings. The molecule has 0 radical (unpaired) electrons. The number of hydrogen-bond acceptors (Lipinski definition) is 7. The van der Waals surface area contributed by atoms with Gasteiger partial charge in [0.2, 0.25) is 0 Å². The minimum Gasteiger partial charge on any atom is -0.340 e. The molecule has 39 heavy (non-hydrogen) atoms. The van der Waals surface area contributed by atoms with Crippen molar-refractivity contribution in [2.24, 2.45) is 7.05 Å². The van der Waals surface area contributed by atoms with Gasteiger partial charge in [-0.15, -0.1) is 0 Å². The van der Waals surface area contributed by atoms with Crippen molar-refractivity contribution in [3.8, 4) is 6.07 Å². The number of benzene rings is 2. The summed E-state index contributed by atoms with van der Waals surface area (Å²) in [5.74, 6) is -0.481. The van der Waals surface area contributed by atoms with Crippen LogP contribution in [0.4, 0.5) is 24.7 Å². The molecule has 3 heterocycles. The monoisotopic (exact) mass is 555 g/mol. The van der Waals surface area contributed by atoms with E-state index >= 15 is 0 Å². The normalized spacial score (nSPS) is 11.3. The van der Waals surface area contributed by atoms with E-state index in [-0.39, 0.29) is 46.5 Å². The van der Waals surface area contributed by atoms with Crippen LogP contribution in [-0.4, -0.2) is 33.7 Å². The highest BCUT2D eigenvalue weighted by molar-refractivity contribution is 6.34. The van der Waals surface area contributed by atoms with E-state index in [0.717, 1.165) is 22.9 Å². The molecule has 1 N–H and O–H groups in total. The predicted octanol–water partition coefficient (Wildman–Crippen LogP) is 3.39. The predicted molar refractivity (Wildman–Crippen MR) is 135 cm³/mol. The third-order valence-corrected chi connectivity index (χ3v) is 6.10. The fourth-order valence-electron chi connectivity index (χ4n) is 3.95. The minimum atomic E-state index is -2.85. The van der Waals surface area contributed by atoms with Crippen LogP contribution < -0.4 is 16.6 Å². The lowest BCUT2D eigenvalue weighted by molar-refractivity contribution is 0.0574. The molecular weight excluding hydrogens is 539 g/mol. The molecule has 198 valence electrons. The standard InChI is InChI=1S/C24H17ClF3N9O2/c1-34-12-30-20(33-34)11-36-22(38)7-21(35(24(36)39)9-13-2-3-17(26)14(4-13)8-29)31-19-5-15-10-37(23(27)28)32-18(15)6-16(19)25/h2-7,10,12,23,31H,9,11H2,1H3. The lowest BCUT2D eigenvalue weighted by atomic mass is 10.1. The SMILES string of the molecule is Cn1cnc(Cn2c(=O)cc(Nc3cc4cn(C(F)F)nc4cc3Cl)n(Cc3ccc(F)c(C#N)c3)c2=O)n1. The number of nitrogens with zero attached hydrogens (tertiary/aromatic N) is 8. The summed E-state index contributed by atoms with van der Waals surface area (Å²) in [4.78, 5) is 30.6. The molecule has 0 atom stereocenters. The molecule has 2 aromatic carbocycles. The van der Waals surface area contributed by atoms with Gasteiger partial charge in [-0.25, -0.2) is 18.9 Å². The lowest BCUT2D eigenvalue weighted by Crippen LogP contribution is -2.41. The second-order valence-corrected chi connectivity index (χ2v) is 8.89. The number of nitriles is 1. The molecule has 0 aliphatic carbocycles. The Bertz CT molecular complexity index is 1880. The van der Waals surface area contributed by atoms with Gasteiger partial charge < -0.3 is 5.32 Å². The van der Waals surface area contributed by atoms with Crippen LogP contribution >= 0.6 is 11.6 Å². The van der Waals surface area contributed by atoms with Crippen molar-refractivity contribution in [3.05, 3.63) is 97.6 Å². The molecule has 0 aliphatic rings. The number of aryl methyl sites for hydroxylation is 1. The van der Waals surface area contributed by atoms with Gasteiger partial charge in [-0.3, -0.25) is 18.6 Å². The van der Waals surface area contributed by atoms with Gasteiger partial charge in [0.25, 0.3) is 5.56 Å². The zero-order valence-electron chi connectivity index (χ0n) is 20.0. The number of nitrogens with one attached hydrogen (secondary N) is 1. The van der Waals surface area contributed by atoms with E-state index in [1.54, 1.807) is 13.1 Å². The summed E-state index contributed by atoms with van der Waals surface area (Å²) in [6, 6.07) is 9.52. The Labute approximate surface area is 221 Å². The van der Waals surface area contributed by atoms with Gasteiger partial charge in [-0.1, -0.05) is 17.7 Å². The fraction of sp³-hybridized carbons (Fsp3) is 0.167. The van der Waals surface area contributed by atoms with Gasteiger partial charge in [-0.2, -0.15) is 24.2 Å². The summed E-state index contributed by atoms with van der Waals surface area (Å²) in [5.41, 5.74) is -0.804. The topological polar surface area (TPSA) is 128 Å². The molecule has 0 aliphatic heterocycles. The Morgan fingerprint density at radius 1 is 1.10 bits per heavy atom. The zero-order chi connectivity index (χ0) is 27.8. The molecule has 5 aromatic rings. The number of halogens is 4. The van der Waals surface area contributed by atoms with Gasteiger partial charge in [-0.05, 0) is 29.8 Å². The average molecular weight is 556 g/mol. The Morgan fingerprint density at radius 2 is 1.90 bits per heavy atom. The van der Waals surface area contributed by atoms with E-state index in [0.29, 0.717) is 15.6 Å². The second-order valence-electron chi connectivity index (χ2n) is 8.49. The maximum atomic E-state index is 13.9. The lowest BCUT2D eigenvalue weighted by Gasteiger charge is -2.17. The summed E-state index contributed by atoms with van der Waals surface area (Å²) < 4.78 is 44.1. The van der Waals surface area contributed by atoms with Gasteiger partial charge in [0, 0.05) is 24.7 Å². The molecule has 0 saturated carbocycles. The van der Waals surface area contributed by atoms with E-state index in [1.165, 1.54) is 39.8 Å². The Hall–Kier alpha value is -4.90. The maximum Gasteiger partial charge on any atom is 0.333 e. The molecule has 0 unspecified atom stereocenters. The van der Waals surface area contributed by atoms with Crippen LogP contribution in [0.3, 0.4) is 0 Å². The molecule has 15 heteroatoms. The summed E-state index contributed by atoms with van der Waals surface area (Å²) >= 11 is 6.37. The van der Waals surface area contributed by atoms with Crippen molar-refractivity contribution in [2.75, 3.05) is 5.32 Å². The first-order valence-corrected chi connectivity index (χ1v) is 11.6. The van der Waals surface area contributed by atoms with E-state index in [2.05, 4.69) is 20.5 Å². The molecular formula is C24H17ClF3N9O2. The number of aromatic nitrogens is 7. The van der Waals surface area contributed by atoms with E-state index in [4.69, 9.17) is 11.6 Å². The summed E-state index contributed by atoms with van der Waals surface area (Å²) in [6.45, 7) is -3.23. The van der Waals surface area contributed by atoms with Crippen LogP contribution in [0.15, 0.2) is 58.5 Å². The van der Waals surface area contributed by atoms with Crippen molar-refractivity contribution in [1.29, 1.82) is 5.26 Å². The quantitative estimate of drug-likeness (QED) is 0.326. The van der Waals surface area contributed by atoms with Crippen LogP contribution in [0, 0.1) is 17.1 Å². The van der Waals surface area contributed by atoms with E-state index in [9.17, 15) is 28.0 Å². The number of hydrogen-bond donors (Lipinski definition) is 1. The number of alkyl halides is 2. The van der Waals surface area contributed by atoms with Gasteiger partial charge in [0.05, 0.1) is 34.9 Å². The van der Waals surface area contributed by atoms with Crippen LogP contribution in [-0.2, 0) is 20.1 Å². The summed E-state index contributed by atoms with van der Waals surface area (Å²) in [5, 5.41) is 20.4. The number of rotatable bonds is 7. The summed E-state index contributed by atoms with van der Waals surface area (Å²) in [7, 11) is 1.64. The van der Waals surface area contributed by atoms with Crippen molar-refractivity contribution in [3.63, 3.8) is 0 Å². The molecule has 0 bridgehead atoms. The average Bonchev–Trinajstić information content (AvgIpc) is 3.50. The van der Waals surface area contributed by atoms with Crippen LogP contribution in [0.1, 0.15) is 23.5 Å². The fourth-order valence-corrected chi connectivity index (χ4v) is 4.16. The minimum absolute atomic E-state index is 0.0144. The first-order chi connectivity index (χ1) is 18.6. The highest BCUT2D eigenvalue weighted by Crippen LogP contribution is 2.30. The zero-order valence-corrected chi connectivity index (χ0v) is 20.8. The number of fused-ring (bicyclic) bond motifs is 1. The molecule has 3 aromatic heterocycles. The van der Waals surface area contributed by atoms with Crippen LogP contribution in [0.5, 0.6) is 0 Å². The highest BCUT2D eigenvalue weighted by atomic mass is 35.5. The second kappa shape index (κ2) is 10.1. The molecule has 0 saturated heterocycles. The van der Waals surface area contributed by atoms with Crippen LogP contribution in [0.25, 0.3) is 10.9 Å². The van der Waals surface area contributed by atoms with E-state index < -0.39 is 23.6 Å². The Morgan fingerprint density at radius 3 is 2.59 bits per heavy atom. The van der Waals surface area contributed by atoms with Crippen molar-refractivity contribution in [1.82, 2.24) is 33.7 Å². The van der Waals surface area contributed by atoms with Gasteiger partial charge >= 0.3 is 12.2 Å². The maximum absolute atomic E-state index is 13.9. The van der Waals surface area contributed by atoms with Crippen molar-refractivity contribution >= 4 is 34.0 Å². The molecule has 5 rings (SSSR count). The Balaban J connectivity index is 1.62. The van der Waals surface area contributed by atoms with Gasteiger partial charge in [0.1, 0.15) is 24.0 Å². The van der Waals surface area contributed by atoms with Crippen LogP contribution in [0.2, 0.25) is 5.02 Å². The molecule has 11 nitrogen and oxygen atoms in total. The Kier molecular flexibility index (Phi) is 6.67. The smallest absolute Gasteiger partial charge is 0.333 e. The van der Waals surface area contributed by atoms with E-state index in [1.807, 2.05) is 0 Å². The van der Waals surface area contributed by atoms with Crippen molar-refractivity contribution < 1.29 is 13.2 Å². The third-order valence-electron chi connectivity index (χ3n) is 5.79. The summed E-state index contributed by atoms with van der Waals surface area (Å²) in [6.07, 6.45) is 2.55. The molecule has 0 amide bonds. The first kappa shape index (κ1) is 25.7. The molecule has 0 spiro atoms. The van der Waals surface area contributed by atoms with Crippen molar-refractivity contribution in [2.45, 2.75) is 19.6 Å².